The van der Waals surface area contributed by atoms with Gasteiger partial charge in [0.15, 0.2) is 0 Å². The maximum absolute atomic E-state index is 12.9. The number of rotatable bonds is 9. The normalized spacial score (nSPS) is 11.1. The van der Waals surface area contributed by atoms with E-state index in [2.05, 4.69) is 22.3 Å². The number of nitrogens with zero attached hydrogens (tertiary/aromatic N) is 3. The van der Waals surface area contributed by atoms with Crippen molar-refractivity contribution >= 4 is 16.9 Å². The van der Waals surface area contributed by atoms with Crippen LogP contribution in [0.4, 0.5) is 0 Å². The molecule has 0 radical (unpaired) electrons. The molecule has 0 aliphatic rings. The van der Waals surface area contributed by atoms with Gasteiger partial charge in [0, 0.05) is 13.1 Å². The summed E-state index contributed by atoms with van der Waals surface area (Å²) >= 11 is 0. The van der Waals surface area contributed by atoms with Gasteiger partial charge in [-0.3, -0.25) is 4.79 Å². The van der Waals surface area contributed by atoms with E-state index in [1.807, 2.05) is 85.4 Å². The van der Waals surface area contributed by atoms with Gasteiger partial charge in [-0.05, 0) is 49.5 Å². The first kappa shape index (κ1) is 21.6. The number of amides is 1. The monoisotopic (exact) mass is 428 g/mol. The van der Waals surface area contributed by atoms with Crippen molar-refractivity contribution in [3.8, 4) is 5.75 Å². The van der Waals surface area contributed by atoms with E-state index in [9.17, 15) is 4.79 Å². The van der Waals surface area contributed by atoms with Crippen molar-refractivity contribution in [2.24, 2.45) is 0 Å². The highest BCUT2D eigenvalue weighted by molar-refractivity contribution is 5.81. The Morgan fingerprint density at radius 2 is 1.62 bits per heavy atom. The Balaban J connectivity index is 1.48. The lowest BCUT2D eigenvalue weighted by molar-refractivity contribution is -0.121. The maximum Gasteiger partial charge on any atom is 0.240 e. The van der Waals surface area contributed by atoms with Crippen molar-refractivity contribution in [3.05, 3.63) is 95.8 Å². The molecule has 1 aromatic heterocycles. The van der Waals surface area contributed by atoms with Crippen LogP contribution in [-0.2, 0) is 31.0 Å². The van der Waals surface area contributed by atoms with E-state index in [1.54, 1.807) is 0 Å². The van der Waals surface area contributed by atoms with Crippen molar-refractivity contribution in [1.29, 1.82) is 0 Å². The summed E-state index contributed by atoms with van der Waals surface area (Å²) in [4.78, 5) is 19.7. The van der Waals surface area contributed by atoms with E-state index in [1.165, 1.54) is 5.56 Å². The Bertz CT molecular complexity index is 1180. The molecule has 1 amide bonds. The summed E-state index contributed by atoms with van der Waals surface area (Å²) in [6, 6.07) is 25.7. The summed E-state index contributed by atoms with van der Waals surface area (Å²) in [5, 5.41) is 3.07. The molecule has 0 saturated heterocycles. The Morgan fingerprint density at radius 3 is 2.41 bits per heavy atom. The lowest BCUT2D eigenvalue weighted by Crippen LogP contribution is -2.28. The highest BCUT2D eigenvalue weighted by Crippen LogP contribution is 2.18. The second kappa shape index (κ2) is 10.1. The molecule has 164 valence electrons. The average molecular weight is 429 g/mol. The Kier molecular flexibility index (Phi) is 6.82. The largest absolute Gasteiger partial charge is 0.486 e. The molecule has 3 aromatic carbocycles. The second-order valence-electron chi connectivity index (χ2n) is 7.99. The van der Waals surface area contributed by atoms with Crippen LogP contribution in [0.1, 0.15) is 17.0 Å². The van der Waals surface area contributed by atoms with Crippen LogP contribution in [-0.4, -0.2) is 34.5 Å². The zero-order chi connectivity index (χ0) is 22.3. The maximum atomic E-state index is 12.9. The van der Waals surface area contributed by atoms with Crippen LogP contribution in [0.15, 0.2) is 78.9 Å². The van der Waals surface area contributed by atoms with Gasteiger partial charge in [-0.2, -0.15) is 0 Å². The van der Waals surface area contributed by atoms with Gasteiger partial charge in [-0.1, -0.05) is 54.6 Å². The number of para-hydroxylation sites is 3. The number of carbonyl (C=O) groups excluding carboxylic acids is 1. The zero-order valence-corrected chi connectivity index (χ0v) is 18.5. The molecule has 4 rings (SSSR count). The summed E-state index contributed by atoms with van der Waals surface area (Å²) in [6.07, 6.45) is 0. The first-order chi connectivity index (χ1) is 15.6. The predicted molar refractivity (Wildman–Crippen MR) is 126 cm³/mol. The quantitative estimate of drug-likeness (QED) is 0.438. The highest BCUT2D eigenvalue weighted by Gasteiger charge is 2.14. The van der Waals surface area contributed by atoms with Gasteiger partial charge in [-0.15, -0.1) is 0 Å². The molecule has 0 bridgehead atoms. The molecule has 0 aliphatic carbocycles. The minimum atomic E-state index is -0.0613. The summed E-state index contributed by atoms with van der Waals surface area (Å²) in [5.74, 6) is 1.43. The van der Waals surface area contributed by atoms with Crippen LogP contribution in [0.5, 0.6) is 5.75 Å². The van der Waals surface area contributed by atoms with E-state index >= 15 is 0 Å². The third-order valence-corrected chi connectivity index (χ3v) is 5.23. The molecular formula is C26H28N4O2. The summed E-state index contributed by atoms with van der Waals surface area (Å²) in [7, 11) is 4.08. The Labute approximate surface area is 188 Å². The Hall–Kier alpha value is -3.64. The number of benzene rings is 3. The molecule has 0 saturated carbocycles. The molecule has 0 fully saturated rings. The van der Waals surface area contributed by atoms with Crippen LogP contribution in [0.3, 0.4) is 0 Å². The summed E-state index contributed by atoms with van der Waals surface area (Å²) in [5.41, 5.74) is 4.10. The molecule has 1 N–H and O–H groups in total. The topological polar surface area (TPSA) is 59.4 Å². The number of imidazole rings is 1. The number of hydrogen-bond donors (Lipinski definition) is 1. The third-order valence-electron chi connectivity index (χ3n) is 5.23. The predicted octanol–water partition coefficient (Wildman–Crippen LogP) is 3.99. The SMILES string of the molecule is CN(C)Cc1ccccc1CNC(=O)Cn1c(COc2ccccc2)nc2ccccc21. The molecule has 6 heteroatoms. The molecule has 0 spiro atoms. The van der Waals surface area contributed by atoms with Gasteiger partial charge in [0.2, 0.25) is 5.91 Å². The van der Waals surface area contributed by atoms with Crippen LogP contribution < -0.4 is 10.1 Å². The van der Waals surface area contributed by atoms with Crippen LogP contribution >= 0.6 is 0 Å². The van der Waals surface area contributed by atoms with Crippen LogP contribution in [0, 0.1) is 0 Å². The van der Waals surface area contributed by atoms with Gasteiger partial charge in [-0.25, -0.2) is 4.98 Å². The number of hydrogen-bond acceptors (Lipinski definition) is 4. The summed E-state index contributed by atoms with van der Waals surface area (Å²) in [6.45, 7) is 1.80. The van der Waals surface area contributed by atoms with E-state index in [4.69, 9.17) is 9.72 Å². The second-order valence-corrected chi connectivity index (χ2v) is 7.99. The minimum absolute atomic E-state index is 0.0613. The smallest absolute Gasteiger partial charge is 0.240 e. The Morgan fingerprint density at radius 1 is 0.938 bits per heavy atom. The van der Waals surface area contributed by atoms with Gasteiger partial charge in [0.05, 0.1) is 11.0 Å². The fourth-order valence-corrected chi connectivity index (χ4v) is 3.69. The van der Waals surface area contributed by atoms with Crippen molar-refractivity contribution in [1.82, 2.24) is 19.8 Å². The molecular weight excluding hydrogens is 400 g/mol. The molecule has 0 aliphatic heterocycles. The average Bonchev–Trinajstić information content (AvgIpc) is 3.15. The first-order valence-electron chi connectivity index (χ1n) is 10.7. The van der Waals surface area contributed by atoms with E-state index in [0.717, 1.165) is 34.7 Å². The van der Waals surface area contributed by atoms with Crippen molar-refractivity contribution in [2.45, 2.75) is 26.2 Å². The van der Waals surface area contributed by atoms with E-state index < -0.39 is 0 Å². The molecule has 0 atom stereocenters. The van der Waals surface area contributed by atoms with Gasteiger partial charge >= 0.3 is 0 Å². The highest BCUT2D eigenvalue weighted by atomic mass is 16.5. The van der Waals surface area contributed by atoms with Crippen LogP contribution in [0.2, 0.25) is 0 Å². The molecule has 1 heterocycles. The van der Waals surface area contributed by atoms with Gasteiger partial charge < -0.3 is 19.5 Å². The number of carbonyl (C=O) groups is 1. The summed E-state index contributed by atoms with van der Waals surface area (Å²) < 4.78 is 7.84. The third kappa shape index (κ3) is 5.34. The lowest BCUT2D eigenvalue weighted by Gasteiger charge is -2.15. The number of fused-ring (bicyclic) bond motifs is 1. The van der Waals surface area contributed by atoms with Gasteiger partial charge in [0.25, 0.3) is 0 Å². The zero-order valence-electron chi connectivity index (χ0n) is 18.5. The lowest BCUT2D eigenvalue weighted by atomic mass is 10.1. The number of nitrogens with one attached hydrogen (secondary N) is 1. The van der Waals surface area contributed by atoms with Crippen LogP contribution in [0.25, 0.3) is 11.0 Å². The van der Waals surface area contributed by atoms with Crippen molar-refractivity contribution in [2.75, 3.05) is 14.1 Å². The minimum Gasteiger partial charge on any atom is -0.486 e. The molecule has 32 heavy (non-hydrogen) atoms. The number of aromatic nitrogens is 2. The van der Waals surface area contributed by atoms with Gasteiger partial charge in [0.1, 0.15) is 24.7 Å². The fraction of sp³-hybridized carbons (Fsp3) is 0.231. The van der Waals surface area contributed by atoms with E-state index in [-0.39, 0.29) is 19.1 Å². The molecule has 0 unspecified atom stereocenters. The molecule has 4 aromatic rings. The first-order valence-corrected chi connectivity index (χ1v) is 10.7. The number of ether oxygens (including phenoxy) is 1. The fourth-order valence-electron chi connectivity index (χ4n) is 3.69. The van der Waals surface area contributed by atoms with Crippen molar-refractivity contribution in [3.63, 3.8) is 0 Å². The van der Waals surface area contributed by atoms with E-state index in [0.29, 0.717) is 6.54 Å². The standard InChI is InChI=1S/C26H28N4O2/c1-29(2)17-21-11-7-6-10-20(21)16-27-26(31)18-30-24-15-9-8-14-23(24)28-25(30)19-32-22-12-4-3-5-13-22/h3-15H,16-19H2,1-2H3,(H,27,31). The van der Waals surface area contributed by atoms with Crippen molar-refractivity contribution < 1.29 is 9.53 Å². The molecule has 6 nitrogen and oxygen atoms in total.